The molecule has 27 heavy (non-hydrogen) atoms. The Hall–Kier alpha value is -2.57. The molecule has 1 aliphatic rings. The number of nitrogens with one attached hydrogen (secondary N) is 1. The number of piperidine rings is 1. The molecule has 0 saturated carbocycles. The lowest BCUT2D eigenvalue weighted by Crippen LogP contribution is -2.52. The van der Waals surface area contributed by atoms with E-state index in [0.717, 1.165) is 18.4 Å². The van der Waals surface area contributed by atoms with Crippen LogP contribution in [0, 0.1) is 5.41 Å². The molecule has 7 heteroatoms. The van der Waals surface area contributed by atoms with Crippen LogP contribution in [0.15, 0.2) is 24.3 Å². The molecule has 4 amide bonds. The average molecular weight is 374 g/mol. The van der Waals surface area contributed by atoms with Crippen molar-refractivity contribution in [3.05, 3.63) is 29.8 Å². The number of nitrogens with zero attached hydrogens (tertiary/aromatic N) is 2. The van der Waals surface area contributed by atoms with Crippen LogP contribution in [0.5, 0.6) is 0 Å². The van der Waals surface area contributed by atoms with Gasteiger partial charge in [0.25, 0.3) is 0 Å². The Morgan fingerprint density at radius 1 is 1.22 bits per heavy atom. The van der Waals surface area contributed by atoms with Crippen LogP contribution >= 0.6 is 0 Å². The van der Waals surface area contributed by atoms with Crippen molar-refractivity contribution in [3.8, 4) is 0 Å². The van der Waals surface area contributed by atoms with Crippen molar-refractivity contribution in [1.29, 1.82) is 0 Å². The van der Waals surface area contributed by atoms with Gasteiger partial charge in [0.2, 0.25) is 11.8 Å². The van der Waals surface area contributed by atoms with Crippen molar-refractivity contribution in [2.45, 2.75) is 39.0 Å². The van der Waals surface area contributed by atoms with E-state index < -0.39 is 5.41 Å². The number of urea groups is 1. The predicted octanol–water partition coefficient (Wildman–Crippen LogP) is 2.22. The fourth-order valence-corrected chi connectivity index (χ4v) is 3.40. The number of hydrogen-bond acceptors (Lipinski definition) is 3. The zero-order valence-corrected chi connectivity index (χ0v) is 16.5. The number of amides is 4. The quantitative estimate of drug-likeness (QED) is 0.799. The third kappa shape index (κ3) is 5.21. The summed E-state index contributed by atoms with van der Waals surface area (Å²) in [6.07, 6.45) is 3.24. The van der Waals surface area contributed by atoms with Crippen molar-refractivity contribution >= 4 is 23.5 Å². The summed E-state index contributed by atoms with van der Waals surface area (Å²) in [5.41, 5.74) is 6.69. The number of primary amides is 1. The minimum absolute atomic E-state index is 0.0892. The van der Waals surface area contributed by atoms with E-state index >= 15 is 0 Å². The maximum absolute atomic E-state index is 12.6. The first kappa shape index (κ1) is 20.7. The molecule has 3 N–H and O–H groups in total. The predicted molar refractivity (Wildman–Crippen MR) is 105 cm³/mol. The molecule has 1 aliphatic heterocycles. The molecule has 0 aromatic heterocycles. The summed E-state index contributed by atoms with van der Waals surface area (Å²) in [5, 5.41) is 2.88. The number of likely N-dealkylation sites (tertiary alicyclic amines) is 1. The minimum atomic E-state index is -0.627. The van der Waals surface area contributed by atoms with Gasteiger partial charge in [0.1, 0.15) is 0 Å². The van der Waals surface area contributed by atoms with E-state index in [4.69, 9.17) is 5.73 Å². The van der Waals surface area contributed by atoms with Crippen LogP contribution in [0.3, 0.4) is 0 Å². The van der Waals surface area contributed by atoms with Gasteiger partial charge in [0.15, 0.2) is 0 Å². The van der Waals surface area contributed by atoms with Crippen LogP contribution in [-0.2, 0) is 16.0 Å². The van der Waals surface area contributed by atoms with Crippen molar-refractivity contribution in [1.82, 2.24) is 9.80 Å². The summed E-state index contributed by atoms with van der Waals surface area (Å²) >= 11 is 0. The summed E-state index contributed by atoms with van der Waals surface area (Å²) in [6.45, 7) is 2.91. The van der Waals surface area contributed by atoms with Gasteiger partial charge in [0, 0.05) is 39.3 Å². The highest BCUT2D eigenvalue weighted by molar-refractivity contribution is 5.90. The molecule has 0 radical (unpaired) electrons. The van der Waals surface area contributed by atoms with Gasteiger partial charge >= 0.3 is 6.03 Å². The smallest absolute Gasteiger partial charge is 0.321 e. The first-order valence-electron chi connectivity index (χ1n) is 9.42. The van der Waals surface area contributed by atoms with E-state index in [2.05, 4.69) is 5.32 Å². The van der Waals surface area contributed by atoms with Crippen molar-refractivity contribution in [2.75, 3.05) is 32.5 Å². The van der Waals surface area contributed by atoms with Crippen molar-refractivity contribution in [2.24, 2.45) is 11.1 Å². The Morgan fingerprint density at radius 3 is 2.44 bits per heavy atom. The SMILES string of the molecule is CC[C@@]1(C(N)=O)CCCN(C(=O)Nc2ccc(CCC(=O)N(C)C)cc2)C1. The Bertz CT molecular complexity index is 687. The molecule has 0 bridgehead atoms. The van der Waals surface area contributed by atoms with Gasteiger partial charge in [0.05, 0.1) is 5.41 Å². The summed E-state index contributed by atoms with van der Waals surface area (Å²) in [7, 11) is 3.49. The second-order valence-corrected chi connectivity index (χ2v) is 7.44. The van der Waals surface area contributed by atoms with E-state index in [-0.39, 0.29) is 17.8 Å². The molecule has 0 unspecified atom stereocenters. The largest absolute Gasteiger partial charge is 0.369 e. The lowest BCUT2D eigenvalue weighted by molar-refractivity contribution is -0.130. The van der Waals surface area contributed by atoms with Crippen LogP contribution in [-0.4, -0.2) is 54.8 Å². The van der Waals surface area contributed by atoms with Crippen LogP contribution in [0.2, 0.25) is 0 Å². The van der Waals surface area contributed by atoms with Gasteiger partial charge in [-0.1, -0.05) is 19.1 Å². The van der Waals surface area contributed by atoms with Crippen LogP contribution in [0.4, 0.5) is 10.5 Å². The lowest BCUT2D eigenvalue weighted by Gasteiger charge is -2.40. The molecular formula is C20H30N4O3. The highest BCUT2D eigenvalue weighted by Gasteiger charge is 2.40. The third-order valence-corrected chi connectivity index (χ3v) is 5.40. The van der Waals surface area contributed by atoms with Gasteiger partial charge in [-0.2, -0.15) is 0 Å². The number of hydrogen-bond donors (Lipinski definition) is 2. The molecule has 7 nitrogen and oxygen atoms in total. The Morgan fingerprint density at radius 2 is 1.89 bits per heavy atom. The number of benzene rings is 1. The second kappa shape index (κ2) is 8.88. The van der Waals surface area contributed by atoms with Gasteiger partial charge in [-0.05, 0) is 43.4 Å². The van der Waals surface area contributed by atoms with E-state index in [1.807, 2.05) is 31.2 Å². The summed E-state index contributed by atoms with van der Waals surface area (Å²) < 4.78 is 0. The third-order valence-electron chi connectivity index (χ3n) is 5.40. The number of aryl methyl sites for hydroxylation is 1. The Kier molecular flexibility index (Phi) is 6.82. The van der Waals surface area contributed by atoms with Gasteiger partial charge in [-0.3, -0.25) is 9.59 Å². The zero-order chi connectivity index (χ0) is 20.0. The van der Waals surface area contributed by atoms with Gasteiger partial charge in [-0.25, -0.2) is 4.79 Å². The molecular weight excluding hydrogens is 344 g/mol. The van der Waals surface area contributed by atoms with E-state index in [9.17, 15) is 14.4 Å². The molecule has 0 aliphatic carbocycles. The molecule has 148 valence electrons. The number of rotatable bonds is 6. The fourth-order valence-electron chi connectivity index (χ4n) is 3.40. The lowest BCUT2D eigenvalue weighted by atomic mass is 9.77. The maximum atomic E-state index is 12.6. The minimum Gasteiger partial charge on any atom is -0.369 e. The fraction of sp³-hybridized carbons (Fsp3) is 0.550. The Labute approximate surface area is 160 Å². The molecule has 2 rings (SSSR count). The summed E-state index contributed by atoms with van der Waals surface area (Å²) in [6, 6.07) is 7.27. The Balaban J connectivity index is 1.93. The molecule has 1 aromatic carbocycles. The van der Waals surface area contributed by atoms with Crippen LogP contribution in [0.1, 0.15) is 38.2 Å². The van der Waals surface area contributed by atoms with Gasteiger partial charge < -0.3 is 20.9 Å². The number of anilines is 1. The molecule has 1 atom stereocenters. The topological polar surface area (TPSA) is 95.7 Å². The molecule has 1 fully saturated rings. The molecule has 0 spiro atoms. The normalized spacial score (nSPS) is 19.4. The number of carbonyl (C=O) groups excluding carboxylic acids is 3. The monoisotopic (exact) mass is 374 g/mol. The second-order valence-electron chi connectivity index (χ2n) is 7.44. The highest BCUT2D eigenvalue weighted by Crippen LogP contribution is 2.33. The standard InChI is InChI=1S/C20H30N4O3/c1-4-20(18(21)26)12-5-13-24(14-20)19(27)22-16-9-6-15(7-10-16)8-11-17(25)23(2)3/h6-7,9-10H,4-5,8,11-14H2,1-3H3,(H2,21,26)(H,22,27)/t20-/m1/s1. The van der Waals surface area contributed by atoms with Crippen LogP contribution in [0.25, 0.3) is 0 Å². The van der Waals surface area contributed by atoms with Crippen LogP contribution < -0.4 is 11.1 Å². The first-order valence-corrected chi connectivity index (χ1v) is 9.42. The maximum Gasteiger partial charge on any atom is 0.321 e. The van der Waals surface area contributed by atoms with Crippen molar-refractivity contribution < 1.29 is 14.4 Å². The first-order chi connectivity index (χ1) is 12.8. The van der Waals surface area contributed by atoms with E-state index in [1.54, 1.807) is 23.9 Å². The number of carbonyl (C=O) groups is 3. The zero-order valence-electron chi connectivity index (χ0n) is 16.5. The molecule has 1 heterocycles. The molecule has 1 saturated heterocycles. The average Bonchev–Trinajstić information content (AvgIpc) is 2.66. The van der Waals surface area contributed by atoms with E-state index in [0.29, 0.717) is 38.0 Å². The van der Waals surface area contributed by atoms with Gasteiger partial charge in [-0.15, -0.1) is 0 Å². The summed E-state index contributed by atoms with van der Waals surface area (Å²) in [4.78, 5) is 39.3. The summed E-state index contributed by atoms with van der Waals surface area (Å²) in [5.74, 6) is -0.245. The molecule has 1 aromatic rings. The van der Waals surface area contributed by atoms with E-state index in [1.165, 1.54) is 0 Å². The van der Waals surface area contributed by atoms with Crippen molar-refractivity contribution in [3.63, 3.8) is 0 Å². The number of nitrogens with two attached hydrogens (primary N) is 1. The highest BCUT2D eigenvalue weighted by atomic mass is 16.2.